The van der Waals surface area contributed by atoms with Crippen molar-refractivity contribution in [1.82, 2.24) is 4.98 Å². The molecular weight excluding hydrogens is 364 g/mol. The van der Waals surface area contributed by atoms with Gasteiger partial charge in [0.2, 0.25) is 11.8 Å². The molecule has 3 rings (SSSR count). The number of carbonyl (C=O) groups excluding carboxylic acids is 2. The van der Waals surface area contributed by atoms with Crippen LogP contribution in [0, 0.1) is 0 Å². The van der Waals surface area contributed by atoms with Gasteiger partial charge in [-0.3, -0.25) is 9.59 Å². The predicted molar refractivity (Wildman–Crippen MR) is 107 cm³/mol. The van der Waals surface area contributed by atoms with E-state index in [1.807, 2.05) is 36.4 Å². The summed E-state index contributed by atoms with van der Waals surface area (Å²) in [7, 11) is 0. The monoisotopic (exact) mass is 386 g/mol. The summed E-state index contributed by atoms with van der Waals surface area (Å²) in [6.45, 7) is 4.62. The van der Waals surface area contributed by atoms with Gasteiger partial charge in [-0.05, 0) is 36.4 Å². The average molecular weight is 386 g/mol. The number of carbonyl (C=O) groups is 2. The molecular formula is C19H22N4O3S. The Bertz CT molecular complexity index is 775. The molecule has 1 fully saturated rings. The number of hydrogen-bond acceptors (Lipinski definition) is 6. The highest BCUT2D eigenvalue weighted by atomic mass is 32.2. The molecule has 0 radical (unpaired) electrons. The van der Waals surface area contributed by atoms with Crippen molar-refractivity contribution in [3.63, 3.8) is 0 Å². The maximum absolute atomic E-state index is 12.1. The number of thioether (sulfide) groups is 1. The van der Waals surface area contributed by atoms with Gasteiger partial charge in [0.25, 0.3) is 0 Å². The quantitative estimate of drug-likeness (QED) is 0.743. The summed E-state index contributed by atoms with van der Waals surface area (Å²) in [5.74, 6) is 0.602. The van der Waals surface area contributed by atoms with Crippen molar-refractivity contribution in [2.24, 2.45) is 0 Å². The molecule has 1 aliphatic heterocycles. The van der Waals surface area contributed by atoms with E-state index >= 15 is 0 Å². The van der Waals surface area contributed by atoms with E-state index in [1.165, 1.54) is 18.7 Å². The van der Waals surface area contributed by atoms with Gasteiger partial charge >= 0.3 is 0 Å². The van der Waals surface area contributed by atoms with E-state index in [-0.39, 0.29) is 17.6 Å². The van der Waals surface area contributed by atoms with Crippen molar-refractivity contribution in [2.75, 3.05) is 47.6 Å². The minimum Gasteiger partial charge on any atom is -0.378 e. The third-order valence-electron chi connectivity index (χ3n) is 3.94. The zero-order chi connectivity index (χ0) is 19.1. The zero-order valence-electron chi connectivity index (χ0n) is 15.1. The molecule has 1 aromatic heterocycles. The molecule has 1 aromatic carbocycles. The molecule has 142 valence electrons. The van der Waals surface area contributed by atoms with Crippen LogP contribution in [-0.4, -0.2) is 48.9 Å². The van der Waals surface area contributed by atoms with Crippen LogP contribution in [0.25, 0.3) is 0 Å². The lowest BCUT2D eigenvalue weighted by molar-refractivity contribution is -0.114. The lowest BCUT2D eigenvalue weighted by Gasteiger charge is -2.28. The summed E-state index contributed by atoms with van der Waals surface area (Å²) in [5, 5.41) is 5.52. The van der Waals surface area contributed by atoms with Gasteiger partial charge in [0, 0.05) is 30.6 Å². The van der Waals surface area contributed by atoms with Gasteiger partial charge < -0.3 is 20.3 Å². The second kappa shape index (κ2) is 9.38. The number of benzene rings is 1. The van der Waals surface area contributed by atoms with E-state index in [2.05, 4.69) is 20.5 Å². The van der Waals surface area contributed by atoms with Gasteiger partial charge in [0.1, 0.15) is 5.82 Å². The number of nitrogens with one attached hydrogen (secondary N) is 2. The largest absolute Gasteiger partial charge is 0.378 e. The lowest BCUT2D eigenvalue weighted by atomic mass is 10.3. The van der Waals surface area contributed by atoms with Gasteiger partial charge in [-0.1, -0.05) is 0 Å². The van der Waals surface area contributed by atoms with E-state index in [0.717, 1.165) is 42.6 Å². The zero-order valence-corrected chi connectivity index (χ0v) is 15.9. The Morgan fingerprint density at radius 3 is 2.48 bits per heavy atom. The lowest BCUT2D eigenvalue weighted by Crippen LogP contribution is -2.36. The van der Waals surface area contributed by atoms with E-state index in [0.29, 0.717) is 5.82 Å². The Morgan fingerprint density at radius 1 is 1.11 bits per heavy atom. The van der Waals surface area contributed by atoms with Crippen LogP contribution in [0.15, 0.2) is 47.5 Å². The second-order valence-electron chi connectivity index (χ2n) is 6.04. The number of amides is 2. The number of pyridine rings is 1. The molecule has 0 aliphatic carbocycles. The molecule has 8 heteroatoms. The number of aromatic nitrogens is 1. The summed E-state index contributed by atoms with van der Waals surface area (Å²) in [4.78, 5) is 30.6. The molecule has 2 amide bonds. The van der Waals surface area contributed by atoms with Crippen LogP contribution >= 0.6 is 11.8 Å². The fourth-order valence-electron chi connectivity index (χ4n) is 2.63. The number of ether oxygens (including phenoxy) is 1. The number of nitrogens with zero attached hydrogens (tertiary/aromatic N) is 2. The number of anilines is 3. The molecule has 7 nitrogen and oxygen atoms in total. The van der Waals surface area contributed by atoms with Crippen LogP contribution in [-0.2, 0) is 14.3 Å². The topological polar surface area (TPSA) is 83.6 Å². The molecule has 0 atom stereocenters. The van der Waals surface area contributed by atoms with Crippen LogP contribution < -0.4 is 15.5 Å². The first-order chi connectivity index (χ1) is 13.1. The number of rotatable bonds is 6. The normalized spacial score (nSPS) is 13.9. The van der Waals surface area contributed by atoms with Crippen molar-refractivity contribution < 1.29 is 14.3 Å². The molecule has 0 saturated carbocycles. The summed E-state index contributed by atoms with van der Waals surface area (Å²) in [6.07, 6.45) is 1.77. The van der Waals surface area contributed by atoms with Crippen molar-refractivity contribution in [2.45, 2.75) is 11.8 Å². The minimum absolute atomic E-state index is 0.109. The van der Waals surface area contributed by atoms with E-state index in [4.69, 9.17) is 4.74 Å². The minimum atomic E-state index is -0.113. The SMILES string of the molecule is CC(=O)Nc1ccc(SCC(=O)Nc2ccc(N3CCOCC3)cn2)cc1. The highest BCUT2D eigenvalue weighted by molar-refractivity contribution is 8.00. The molecule has 2 heterocycles. The summed E-state index contributed by atoms with van der Waals surface area (Å²) >= 11 is 1.43. The van der Waals surface area contributed by atoms with Crippen LogP contribution in [0.2, 0.25) is 0 Å². The van der Waals surface area contributed by atoms with E-state index < -0.39 is 0 Å². The van der Waals surface area contributed by atoms with Crippen molar-refractivity contribution in [3.05, 3.63) is 42.6 Å². The van der Waals surface area contributed by atoms with Gasteiger partial charge in [0.15, 0.2) is 0 Å². The molecule has 2 aromatic rings. The smallest absolute Gasteiger partial charge is 0.235 e. The van der Waals surface area contributed by atoms with Crippen LogP contribution in [0.4, 0.5) is 17.2 Å². The Morgan fingerprint density at radius 2 is 1.85 bits per heavy atom. The Labute approximate surface area is 162 Å². The number of morpholine rings is 1. The molecule has 1 aliphatic rings. The second-order valence-corrected chi connectivity index (χ2v) is 7.09. The fraction of sp³-hybridized carbons (Fsp3) is 0.316. The third-order valence-corrected chi connectivity index (χ3v) is 4.95. The van der Waals surface area contributed by atoms with Crippen molar-refractivity contribution in [1.29, 1.82) is 0 Å². The van der Waals surface area contributed by atoms with Crippen molar-refractivity contribution >= 4 is 40.8 Å². The molecule has 0 bridgehead atoms. The predicted octanol–water partition coefficient (Wildman–Crippen LogP) is 2.61. The van der Waals surface area contributed by atoms with E-state index in [9.17, 15) is 9.59 Å². The molecule has 2 N–H and O–H groups in total. The first kappa shape index (κ1) is 19.2. The first-order valence-electron chi connectivity index (χ1n) is 8.69. The maximum atomic E-state index is 12.1. The van der Waals surface area contributed by atoms with Gasteiger partial charge in [0.05, 0.1) is 30.9 Å². The Hall–Kier alpha value is -2.58. The number of hydrogen-bond donors (Lipinski definition) is 2. The summed E-state index contributed by atoms with van der Waals surface area (Å²) in [5.41, 5.74) is 1.77. The Kier molecular flexibility index (Phi) is 6.67. The molecule has 1 saturated heterocycles. The molecule has 0 spiro atoms. The van der Waals surface area contributed by atoms with Gasteiger partial charge in [-0.15, -0.1) is 11.8 Å². The highest BCUT2D eigenvalue weighted by Crippen LogP contribution is 2.21. The van der Waals surface area contributed by atoms with Crippen LogP contribution in [0.5, 0.6) is 0 Å². The third kappa shape index (κ3) is 5.97. The van der Waals surface area contributed by atoms with Gasteiger partial charge in [-0.25, -0.2) is 4.98 Å². The van der Waals surface area contributed by atoms with E-state index in [1.54, 1.807) is 6.20 Å². The highest BCUT2D eigenvalue weighted by Gasteiger charge is 2.12. The van der Waals surface area contributed by atoms with Crippen molar-refractivity contribution in [3.8, 4) is 0 Å². The summed E-state index contributed by atoms with van der Waals surface area (Å²) in [6, 6.07) is 11.1. The standard InChI is InChI=1S/C19H22N4O3S/c1-14(24)21-15-2-5-17(6-3-15)27-13-19(25)22-18-7-4-16(12-20-18)23-8-10-26-11-9-23/h2-7,12H,8-11,13H2,1H3,(H,21,24)(H,20,22,25). The molecule has 27 heavy (non-hydrogen) atoms. The van der Waals surface area contributed by atoms with Crippen LogP contribution in [0.1, 0.15) is 6.92 Å². The fourth-order valence-corrected chi connectivity index (χ4v) is 3.33. The average Bonchev–Trinajstić information content (AvgIpc) is 2.68. The Balaban J connectivity index is 1.46. The first-order valence-corrected chi connectivity index (χ1v) is 9.68. The maximum Gasteiger partial charge on any atom is 0.235 e. The summed E-state index contributed by atoms with van der Waals surface area (Å²) < 4.78 is 5.34. The molecule has 0 unspecified atom stereocenters. The van der Waals surface area contributed by atoms with Crippen LogP contribution in [0.3, 0.4) is 0 Å². The van der Waals surface area contributed by atoms with Gasteiger partial charge in [-0.2, -0.15) is 0 Å².